The van der Waals surface area contributed by atoms with Crippen LogP contribution in [0.4, 0.5) is 11.5 Å². The first-order valence-corrected chi connectivity index (χ1v) is 6.88. The second kappa shape index (κ2) is 5.57. The summed E-state index contributed by atoms with van der Waals surface area (Å²) in [5, 5.41) is 27.3. The number of hydrogen-bond acceptors (Lipinski definition) is 5. The summed E-state index contributed by atoms with van der Waals surface area (Å²) in [6.07, 6.45) is 1.80. The molecule has 0 aliphatic rings. The van der Waals surface area contributed by atoms with Crippen molar-refractivity contribution in [1.29, 1.82) is 0 Å². The predicted octanol–water partition coefficient (Wildman–Crippen LogP) is 3.56. The van der Waals surface area contributed by atoms with Gasteiger partial charge in [-0.05, 0) is 49.2 Å². The van der Waals surface area contributed by atoms with Gasteiger partial charge in [0, 0.05) is 6.20 Å². The Morgan fingerprint density at radius 1 is 1.14 bits per heavy atom. The summed E-state index contributed by atoms with van der Waals surface area (Å²) < 4.78 is 1.80. The molecule has 0 spiro atoms. The molecule has 3 aromatic rings. The minimum absolute atomic E-state index is 0.0313. The van der Waals surface area contributed by atoms with E-state index in [9.17, 15) is 10.2 Å². The third kappa shape index (κ3) is 2.56. The maximum Gasteiger partial charge on any atom is 0.182 e. The molecule has 0 bridgehead atoms. The summed E-state index contributed by atoms with van der Waals surface area (Å²) in [4.78, 5) is 4.41. The number of hydrogen-bond donors (Lipinski definition) is 2. The van der Waals surface area contributed by atoms with Crippen molar-refractivity contribution in [2.75, 3.05) is 0 Å². The van der Waals surface area contributed by atoms with Crippen LogP contribution < -0.4 is 0 Å². The Hall–Kier alpha value is -2.73. The minimum atomic E-state index is -0.0313. The first kappa shape index (κ1) is 14.2. The second-order valence-corrected chi connectivity index (χ2v) is 5.13. The van der Waals surface area contributed by atoms with Crippen LogP contribution in [0, 0.1) is 13.8 Å². The van der Waals surface area contributed by atoms with Crippen molar-refractivity contribution in [2.45, 2.75) is 20.5 Å². The number of aliphatic hydroxyl groups is 1. The summed E-state index contributed by atoms with van der Waals surface area (Å²) in [7, 11) is 0. The molecule has 2 heterocycles. The third-order valence-electron chi connectivity index (χ3n) is 3.40. The Kier molecular flexibility index (Phi) is 3.60. The molecule has 0 atom stereocenters. The van der Waals surface area contributed by atoms with E-state index in [2.05, 4.69) is 15.2 Å². The average molecular weight is 296 g/mol. The molecule has 0 saturated carbocycles. The summed E-state index contributed by atoms with van der Waals surface area (Å²) in [5.74, 6) is 0.684. The van der Waals surface area contributed by atoms with Gasteiger partial charge in [0.15, 0.2) is 5.82 Å². The van der Waals surface area contributed by atoms with Gasteiger partial charge in [-0.2, -0.15) is 0 Å². The maximum absolute atomic E-state index is 9.81. The molecule has 1 aromatic carbocycles. The molecule has 2 N–H and O–H groups in total. The van der Waals surface area contributed by atoms with Crippen molar-refractivity contribution in [3.05, 3.63) is 53.3 Å². The average Bonchev–Trinajstić information content (AvgIpc) is 2.82. The van der Waals surface area contributed by atoms with Gasteiger partial charge in [-0.25, -0.2) is 4.98 Å². The topological polar surface area (TPSA) is 82.5 Å². The second-order valence-electron chi connectivity index (χ2n) is 5.13. The predicted molar refractivity (Wildman–Crippen MR) is 82.9 cm³/mol. The SMILES string of the molecule is Cc1ccc(O)c(N=Nc2c(C)nc3cc(CO)ccn23)c1. The first-order chi connectivity index (χ1) is 10.6. The summed E-state index contributed by atoms with van der Waals surface area (Å²) in [5.41, 5.74) is 3.63. The van der Waals surface area contributed by atoms with Crippen LogP contribution in [-0.4, -0.2) is 19.6 Å². The van der Waals surface area contributed by atoms with E-state index in [1.54, 1.807) is 34.9 Å². The zero-order chi connectivity index (χ0) is 15.7. The fourth-order valence-corrected chi connectivity index (χ4v) is 2.23. The quantitative estimate of drug-likeness (QED) is 0.725. The van der Waals surface area contributed by atoms with Gasteiger partial charge in [-0.15, -0.1) is 10.2 Å². The number of phenolic OH excluding ortho intramolecular Hbond substituents is 1. The molecule has 2 aromatic heterocycles. The smallest absolute Gasteiger partial charge is 0.182 e. The molecule has 0 fully saturated rings. The van der Waals surface area contributed by atoms with Gasteiger partial charge in [-0.1, -0.05) is 6.07 Å². The fraction of sp³-hybridized carbons (Fsp3) is 0.188. The number of benzene rings is 1. The highest BCUT2D eigenvalue weighted by molar-refractivity contribution is 5.55. The zero-order valence-corrected chi connectivity index (χ0v) is 12.4. The Labute approximate surface area is 127 Å². The molecule has 3 rings (SSSR count). The number of aromatic hydroxyl groups is 1. The van der Waals surface area contributed by atoms with Crippen LogP contribution in [0.1, 0.15) is 16.8 Å². The van der Waals surface area contributed by atoms with E-state index in [0.717, 1.165) is 16.8 Å². The molecule has 0 saturated heterocycles. The van der Waals surface area contributed by atoms with Crippen molar-refractivity contribution in [3.8, 4) is 5.75 Å². The third-order valence-corrected chi connectivity index (χ3v) is 3.40. The number of pyridine rings is 1. The van der Waals surface area contributed by atoms with Crippen LogP contribution in [0.25, 0.3) is 5.65 Å². The largest absolute Gasteiger partial charge is 0.506 e. The van der Waals surface area contributed by atoms with Crippen molar-refractivity contribution < 1.29 is 10.2 Å². The number of imidazole rings is 1. The highest BCUT2D eigenvalue weighted by atomic mass is 16.3. The molecule has 0 unspecified atom stereocenters. The van der Waals surface area contributed by atoms with Crippen molar-refractivity contribution >= 4 is 17.2 Å². The van der Waals surface area contributed by atoms with E-state index < -0.39 is 0 Å². The van der Waals surface area contributed by atoms with E-state index in [1.807, 2.05) is 19.9 Å². The van der Waals surface area contributed by atoms with Crippen LogP contribution in [-0.2, 0) is 6.61 Å². The number of phenols is 1. The first-order valence-electron chi connectivity index (χ1n) is 6.88. The number of rotatable bonds is 3. The van der Waals surface area contributed by atoms with Crippen molar-refractivity contribution in [3.63, 3.8) is 0 Å². The lowest BCUT2D eigenvalue weighted by molar-refractivity contribution is 0.282. The number of azo groups is 1. The van der Waals surface area contributed by atoms with Gasteiger partial charge >= 0.3 is 0 Å². The lowest BCUT2D eigenvalue weighted by Crippen LogP contribution is -1.88. The van der Waals surface area contributed by atoms with Crippen LogP contribution >= 0.6 is 0 Å². The highest BCUT2D eigenvalue weighted by Crippen LogP contribution is 2.30. The lowest BCUT2D eigenvalue weighted by Gasteiger charge is -2.00. The van der Waals surface area contributed by atoms with Crippen LogP contribution in [0.2, 0.25) is 0 Å². The maximum atomic E-state index is 9.81. The number of aromatic nitrogens is 2. The van der Waals surface area contributed by atoms with Gasteiger partial charge < -0.3 is 10.2 Å². The molecule has 0 aliphatic carbocycles. The van der Waals surface area contributed by atoms with Gasteiger partial charge in [0.05, 0.1) is 12.3 Å². The standard InChI is InChI=1S/C16H16N4O2/c1-10-3-4-14(22)13(7-10)18-19-16-11(2)17-15-8-12(9-21)5-6-20(15)16/h3-8,21-22H,9H2,1-2H3. The molecule has 22 heavy (non-hydrogen) atoms. The van der Waals surface area contributed by atoms with Crippen LogP contribution in [0.3, 0.4) is 0 Å². The Morgan fingerprint density at radius 2 is 1.95 bits per heavy atom. The molecule has 0 amide bonds. The Bertz CT molecular complexity index is 868. The zero-order valence-electron chi connectivity index (χ0n) is 12.4. The minimum Gasteiger partial charge on any atom is -0.506 e. The van der Waals surface area contributed by atoms with E-state index >= 15 is 0 Å². The van der Waals surface area contributed by atoms with E-state index in [-0.39, 0.29) is 12.4 Å². The molecule has 112 valence electrons. The van der Waals surface area contributed by atoms with Gasteiger partial charge in [-0.3, -0.25) is 4.40 Å². The molecule has 0 radical (unpaired) electrons. The van der Waals surface area contributed by atoms with Crippen LogP contribution in [0.15, 0.2) is 46.8 Å². The molecule has 0 aliphatic heterocycles. The van der Waals surface area contributed by atoms with Crippen molar-refractivity contribution in [2.24, 2.45) is 10.2 Å². The van der Waals surface area contributed by atoms with E-state index in [4.69, 9.17) is 0 Å². The normalized spacial score (nSPS) is 11.6. The van der Waals surface area contributed by atoms with E-state index in [0.29, 0.717) is 17.2 Å². The van der Waals surface area contributed by atoms with E-state index in [1.165, 1.54) is 0 Å². The van der Waals surface area contributed by atoms with Crippen LogP contribution in [0.5, 0.6) is 5.75 Å². The molecular weight excluding hydrogens is 280 g/mol. The summed E-state index contributed by atoms with van der Waals surface area (Å²) >= 11 is 0. The summed E-state index contributed by atoms with van der Waals surface area (Å²) in [6, 6.07) is 8.78. The molecule has 6 nitrogen and oxygen atoms in total. The lowest BCUT2D eigenvalue weighted by atomic mass is 10.2. The van der Waals surface area contributed by atoms with Gasteiger partial charge in [0.25, 0.3) is 0 Å². The highest BCUT2D eigenvalue weighted by Gasteiger charge is 2.09. The van der Waals surface area contributed by atoms with Gasteiger partial charge in [0.1, 0.15) is 17.1 Å². The Balaban J connectivity index is 2.05. The summed E-state index contributed by atoms with van der Waals surface area (Å²) in [6.45, 7) is 3.74. The molecule has 6 heteroatoms. The number of fused-ring (bicyclic) bond motifs is 1. The molecular formula is C16H16N4O2. The fourth-order valence-electron chi connectivity index (χ4n) is 2.23. The Morgan fingerprint density at radius 3 is 2.73 bits per heavy atom. The number of aryl methyl sites for hydroxylation is 2. The van der Waals surface area contributed by atoms with Gasteiger partial charge in [0.2, 0.25) is 0 Å². The number of nitrogens with zero attached hydrogens (tertiary/aromatic N) is 4. The monoisotopic (exact) mass is 296 g/mol. The van der Waals surface area contributed by atoms with Crippen molar-refractivity contribution in [1.82, 2.24) is 9.38 Å². The number of aliphatic hydroxyl groups excluding tert-OH is 1.